The third kappa shape index (κ3) is 4.91. The Morgan fingerprint density at radius 1 is 1.00 bits per heavy atom. The van der Waals surface area contributed by atoms with Gasteiger partial charge in [0.05, 0.1) is 0 Å². The summed E-state index contributed by atoms with van der Waals surface area (Å²) in [4.78, 5) is 27.8. The van der Waals surface area contributed by atoms with Crippen LogP contribution in [-0.2, 0) is 4.79 Å². The van der Waals surface area contributed by atoms with E-state index in [0.29, 0.717) is 5.56 Å². The van der Waals surface area contributed by atoms with Gasteiger partial charge in [0.2, 0.25) is 5.91 Å². The Morgan fingerprint density at radius 3 is 2.25 bits per heavy atom. The molecule has 28 heavy (non-hydrogen) atoms. The molecule has 5 nitrogen and oxygen atoms in total. The van der Waals surface area contributed by atoms with Crippen LogP contribution in [0, 0.1) is 5.92 Å². The summed E-state index contributed by atoms with van der Waals surface area (Å²) in [7, 11) is 0. The first-order chi connectivity index (χ1) is 13.6. The van der Waals surface area contributed by atoms with Crippen molar-refractivity contribution in [2.75, 3.05) is 23.3 Å². The summed E-state index contributed by atoms with van der Waals surface area (Å²) in [5, 5.41) is 5.86. The van der Waals surface area contributed by atoms with Crippen molar-refractivity contribution in [3.05, 3.63) is 60.2 Å². The van der Waals surface area contributed by atoms with Gasteiger partial charge in [-0.3, -0.25) is 9.59 Å². The molecule has 1 fully saturated rings. The van der Waals surface area contributed by atoms with Crippen LogP contribution in [0.15, 0.2) is 54.6 Å². The fourth-order valence-corrected chi connectivity index (χ4v) is 3.47. The normalized spacial score (nSPS) is 15.7. The number of carbonyl (C=O) groups excluding carboxylic acids is 2. The second-order valence-corrected chi connectivity index (χ2v) is 7.43. The van der Waals surface area contributed by atoms with Gasteiger partial charge < -0.3 is 15.5 Å². The maximum absolute atomic E-state index is 12.9. The zero-order valence-electron chi connectivity index (χ0n) is 16.7. The van der Waals surface area contributed by atoms with E-state index in [0.717, 1.165) is 25.2 Å². The molecule has 3 rings (SSSR count). The summed E-state index contributed by atoms with van der Waals surface area (Å²) in [6.07, 6.45) is 3.26. The first-order valence-corrected chi connectivity index (χ1v) is 10.1. The third-order valence-corrected chi connectivity index (χ3v) is 5.42. The predicted molar refractivity (Wildman–Crippen MR) is 114 cm³/mol. The molecule has 2 atom stereocenters. The highest BCUT2D eigenvalue weighted by atomic mass is 16.2. The van der Waals surface area contributed by atoms with Crippen molar-refractivity contribution in [3.63, 3.8) is 0 Å². The lowest BCUT2D eigenvalue weighted by Gasteiger charge is -2.24. The summed E-state index contributed by atoms with van der Waals surface area (Å²) < 4.78 is 0. The number of nitrogens with zero attached hydrogens (tertiary/aromatic N) is 1. The number of anilines is 2. The van der Waals surface area contributed by atoms with Crippen LogP contribution in [0.25, 0.3) is 0 Å². The molecule has 2 N–H and O–H groups in total. The summed E-state index contributed by atoms with van der Waals surface area (Å²) >= 11 is 0. The maximum atomic E-state index is 12.9. The first kappa shape index (κ1) is 19.9. The molecule has 0 aromatic heterocycles. The van der Waals surface area contributed by atoms with Gasteiger partial charge in [-0.1, -0.05) is 38.5 Å². The molecule has 1 aliphatic rings. The minimum absolute atomic E-state index is 0.0246. The summed E-state index contributed by atoms with van der Waals surface area (Å²) in [5.41, 5.74) is 2.49. The van der Waals surface area contributed by atoms with Crippen LogP contribution < -0.4 is 15.5 Å². The zero-order valence-corrected chi connectivity index (χ0v) is 16.7. The van der Waals surface area contributed by atoms with Gasteiger partial charge in [-0.25, -0.2) is 0 Å². The Labute approximate surface area is 167 Å². The molecule has 0 spiro atoms. The van der Waals surface area contributed by atoms with Gasteiger partial charge in [-0.15, -0.1) is 0 Å². The quantitative estimate of drug-likeness (QED) is 0.762. The molecule has 2 aromatic rings. The van der Waals surface area contributed by atoms with Crippen molar-refractivity contribution in [1.82, 2.24) is 5.32 Å². The topological polar surface area (TPSA) is 61.4 Å². The van der Waals surface area contributed by atoms with Crippen LogP contribution in [0.4, 0.5) is 11.4 Å². The molecule has 1 aliphatic heterocycles. The predicted octanol–water partition coefficient (Wildman–Crippen LogP) is 4.07. The largest absolute Gasteiger partial charge is 0.372 e. The van der Waals surface area contributed by atoms with Crippen molar-refractivity contribution in [1.29, 1.82) is 0 Å². The number of carbonyl (C=O) groups is 2. The molecule has 0 bridgehead atoms. The van der Waals surface area contributed by atoms with Gasteiger partial charge in [-0.05, 0) is 55.2 Å². The maximum Gasteiger partial charge on any atom is 0.251 e. The highest BCUT2D eigenvalue weighted by molar-refractivity contribution is 6.01. The highest BCUT2D eigenvalue weighted by Gasteiger charge is 2.26. The van der Waals surface area contributed by atoms with Gasteiger partial charge in [0, 0.05) is 30.0 Å². The average molecular weight is 380 g/mol. The molecule has 1 saturated heterocycles. The molecule has 1 heterocycles. The van der Waals surface area contributed by atoms with E-state index in [1.165, 1.54) is 18.5 Å². The number of rotatable bonds is 7. The molecule has 5 heteroatoms. The lowest BCUT2D eigenvalue weighted by molar-refractivity contribution is -0.119. The Bertz CT molecular complexity index is 783. The summed E-state index contributed by atoms with van der Waals surface area (Å²) in [6, 6.07) is 16.3. The van der Waals surface area contributed by atoms with E-state index in [2.05, 4.69) is 15.5 Å². The Hall–Kier alpha value is -2.82. The molecule has 148 valence electrons. The molecule has 2 amide bonds. The molecular weight excluding hydrogens is 350 g/mol. The SMILES string of the molecule is CC[C@H](C)[C@H](NC(=O)c1ccccc1)C(=O)Nc1ccc(N2CCCC2)cc1. The van der Waals surface area contributed by atoms with Crippen LogP contribution in [0.5, 0.6) is 0 Å². The van der Waals surface area contributed by atoms with Crippen LogP contribution >= 0.6 is 0 Å². The Morgan fingerprint density at radius 2 is 1.64 bits per heavy atom. The van der Waals surface area contributed by atoms with Gasteiger partial charge >= 0.3 is 0 Å². The fraction of sp³-hybridized carbons (Fsp3) is 0.391. The number of hydrogen-bond donors (Lipinski definition) is 2. The van der Waals surface area contributed by atoms with E-state index in [9.17, 15) is 9.59 Å². The molecule has 0 unspecified atom stereocenters. The van der Waals surface area contributed by atoms with Crippen molar-refractivity contribution in [2.24, 2.45) is 5.92 Å². The van der Waals surface area contributed by atoms with Crippen molar-refractivity contribution in [2.45, 2.75) is 39.2 Å². The van der Waals surface area contributed by atoms with Crippen LogP contribution in [-0.4, -0.2) is 30.9 Å². The van der Waals surface area contributed by atoms with Crippen molar-refractivity contribution < 1.29 is 9.59 Å². The van der Waals surface area contributed by atoms with Crippen LogP contribution in [0.2, 0.25) is 0 Å². The molecular formula is C23H29N3O2. The minimum Gasteiger partial charge on any atom is -0.372 e. The summed E-state index contributed by atoms with van der Waals surface area (Å²) in [5.74, 6) is -0.394. The zero-order chi connectivity index (χ0) is 19.9. The van der Waals surface area contributed by atoms with E-state index in [4.69, 9.17) is 0 Å². The average Bonchev–Trinajstić information content (AvgIpc) is 3.27. The second kappa shape index (κ2) is 9.40. The van der Waals surface area contributed by atoms with Gasteiger partial charge in [0.25, 0.3) is 5.91 Å². The van der Waals surface area contributed by atoms with Gasteiger partial charge in [0.15, 0.2) is 0 Å². The van der Waals surface area contributed by atoms with E-state index in [-0.39, 0.29) is 17.7 Å². The highest BCUT2D eigenvalue weighted by Crippen LogP contribution is 2.22. The van der Waals surface area contributed by atoms with Crippen LogP contribution in [0.3, 0.4) is 0 Å². The van der Waals surface area contributed by atoms with Crippen LogP contribution in [0.1, 0.15) is 43.5 Å². The van der Waals surface area contributed by atoms with E-state index in [1.807, 2.05) is 56.3 Å². The number of benzene rings is 2. The van der Waals surface area contributed by atoms with Crippen molar-refractivity contribution >= 4 is 23.2 Å². The number of amides is 2. The molecule has 2 aromatic carbocycles. The smallest absolute Gasteiger partial charge is 0.251 e. The lowest BCUT2D eigenvalue weighted by atomic mass is 9.97. The Kier molecular flexibility index (Phi) is 6.69. The molecule has 0 aliphatic carbocycles. The third-order valence-electron chi connectivity index (χ3n) is 5.42. The van der Waals surface area contributed by atoms with E-state index < -0.39 is 6.04 Å². The molecule has 0 saturated carbocycles. The fourth-order valence-electron chi connectivity index (χ4n) is 3.47. The van der Waals surface area contributed by atoms with Crippen molar-refractivity contribution in [3.8, 4) is 0 Å². The summed E-state index contributed by atoms with van der Waals surface area (Å²) in [6.45, 7) is 6.18. The second-order valence-electron chi connectivity index (χ2n) is 7.43. The minimum atomic E-state index is -0.587. The van der Waals surface area contributed by atoms with Gasteiger partial charge in [-0.2, -0.15) is 0 Å². The monoisotopic (exact) mass is 379 g/mol. The Balaban J connectivity index is 1.66. The van der Waals surface area contributed by atoms with E-state index >= 15 is 0 Å². The number of nitrogens with one attached hydrogen (secondary N) is 2. The molecule has 0 radical (unpaired) electrons. The van der Waals surface area contributed by atoms with E-state index in [1.54, 1.807) is 12.1 Å². The standard InChI is InChI=1S/C23H29N3O2/c1-3-17(2)21(25-22(27)18-9-5-4-6-10-18)23(28)24-19-11-13-20(14-12-19)26-15-7-8-16-26/h4-6,9-14,17,21H,3,7-8,15-16H2,1-2H3,(H,24,28)(H,25,27)/t17-,21-/m0/s1. The first-order valence-electron chi connectivity index (χ1n) is 10.1. The lowest BCUT2D eigenvalue weighted by Crippen LogP contribution is -2.47. The van der Waals surface area contributed by atoms with Gasteiger partial charge in [0.1, 0.15) is 6.04 Å². The number of hydrogen-bond acceptors (Lipinski definition) is 3.